The molecule has 0 heterocycles. The van der Waals surface area contributed by atoms with Crippen LogP contribution in [0.25, 0.3) is 0 Å². The van der Waals surface area contributed by atoms with E-state index in [0.717, 1.165) is 0 Å². The number of amides is 2. The van der Waals surface area contributed by atoms with E-state index in [1.165, 1.54) is 0 Å². The van der Waals surface area contributed by atoms with Gasteiger partial charge in [-0.1, -0.05) is 0 Å². The molecule has 0 saturated carbocycles. The number of aliphatic hydroxyl groups is 2. The van der Waals surface area contributed by atoms with Gasteiger partial charge < -0.3 is 73.1 Å². The fourth-order valence-corrected chi connectivity index (χ4v) is 3.31. The van der Waals surface area contributed by atoms with Gasteiger partial charge in [-0.3, -0.25) is 19.2 Å². The molecular formula is C24H49N9O9. The number of rotatable bonds is 30. The predicted octanol–water partition coefficient (Wildman–Crippen LogP) is -6.81. The molecule has 2 amide bonds. The second kappa shape index (κ2) is 27.0. The van der Waals surface area contributed by atoms with E-state index < -0.39 is 36.7 Å². The maximum Gasteiger partial charge on any atom is 0.322 e. The Kier molecular flexibility index (Phi) is 25.2. The van der Waals surface area contributed by atoms with E-state index in [9.17, 15) is 34.2 Å². The molecule has 3 unspecified atom stereocenters. The first-order valence-corrected chi connectivity index (χ1v) is 13.9. The number of carboxylic acids is 2. The molecule has 13 N–H and O–H groups in total. The third kappa shape index (κ3) is 23.9. The number of nitrogens with one attached hydrogen (secondary N) is 9. The van der Waals surface area contributed by atoms with E-state index >= 15 is 0 Å². The van der Waals surface area contributed by atoms with Crippen molar-refractivity contribution in [2.75, 3.05) is 98.2 Å². The van der Waals surface area contributed by atoms with Crippen molar-refractivity contribution in [3.05, 3.63) is 0 Å². The van der Waals surface area contributed by atoms with E-state index in [1.54, 1.807) is 0 Å². The number of hydrogen-bond donors (Lipinski definition) is 13. The summed E-state index contributed by atoms with van der Waals surface area (Å²) in [5.74, 6) is -2.46. The van der Waals surface area contributed by atoms with Gasteiger partial charge in [0, 0.05) is 72.0 Å². The van der Waals surface area contributed by atoms with Crippen LogP contribution >= 0.6 is 0 Å². The van der Waals surface area contributed by atoms with Gasteiger partial charge in [-0.15, -0.1) is 0 Å². The highest BCUT2D eigenvalue weighted by atomic mass is 16.4. The van der Waals surface area contributed by atoms with E-state index in [2.05, 4.69) is 47.9 Å². The van der Waals surface area contributed by atoms with Crippen molar-refractivity contribution in [1.82, 2.24) is 47.9 Å². The molecule has 0 radical (unpaired) electrons. The summed E-state index contributed by atoms with van der Waals surface area (Å²) in [6.45, 7) is 4.49. The maximum absolute atomic E-state index is 11.9. The Morgan fingerprint density at radius 3 is 1.57 bits per heavy atom. The van der Waals surface area contributed by atoms with Crippen molar-refractivity contribution in [3.63, 3.8) is 0 Å². The Balaban J connectivity index is 3.67. The van der Waals surface area contributed by atoms with Crippen LogP contribution in [0.4, 0.5) is 0 Å². The molecule has 0 bridgehead atoms. The lowest BCUT2D eigenvalue weighted by atomic mass is 10.1. The van der Waals surface area contributed by atoms with Gasteiger partial charge in [0.05, 0.1) is 38.4 Å². The number of aliphatic carboxylic acids is 2. The van der Waals surface area contributed by atoms with E-state index in [1.807, 2.05) is 0 Å². The van der Waals surface area contributed by atoms with Crippen molar-refractivity contribution in [2.24, 2.45) is 0 Å². The summed E-state index contributed by atoms with van der Waals surface area (Å²) in [5.41, 5.74) is 0. The van der Waals surface area contributed by atoms with Gasteiger partial charge in [0.15, 0.2) is 0 Å². The summed E-state index contributed by atoms with van der Waals surface area (Å²) >= 11 is 0. The van der Waals surface area contributed by atoms with Crippen LogP contribution in [0.3, 0.4) is 0 Å². The smallest absolute Gasteiger partial charge is 0.322 e. The van der Waals surface area contributed by atoms with Crippen LogP contribution in [-0.4, -0.2) is 167 Å². The van der Waals surface area contributed by atoms with Gasteiger partial charge in [0.1, 0.15) is 12.3 Å². The first kappa shape index (κ1) is 39.2. The highest BCUT2D eigenvalue weighted by Gasteiger charge is 2.27. The Bertz CT molecular complexity index is 765. The number of carboxylic acid groups (broad SMARTS) is 2. The topological polar surface area (TPSA) is 275 Å². The van der Waals surface area contributed by atoms with E-state index in [0.29, 0.717) is 71.6 Å². The van der Waals surface area contributed by atoms with Crippen LogP contribution in [0, 0.1) is 0 Å². The monoisotopic (exact) mass is 607 g/mol. The van der Waals surface area contributed by atoms with Crippen LogP contribution in [0.2, 0.25) is 0 Å². The van der Waals surface area contributed by atoms with Crippen molar-refractivity contribution < 1.29 is 44.4 Å². The van der Waals surface area contributed by atoms with Crippen molar-refractivity contribution >= 4 is 30.0 Å². The SMILES string of the molecule is O=CC(NCC(O)CO)C(NCCNCCNCC(=O)NCCCNC(=O)CNCCNCCNCC(=O)O)C(=O)O. The van der Waals surface area contributed by atoms with Crippen molar-refractivity contribution in [1.29, 1.82) is 0 Å². The molecule has 0 aromatic heterocycles. The van der Waals surface area contributed by atoms with Gasteiger partial charge in [-0.2, -0.15) is 0 Å². The minimum atomic E-state index is -1.23. The van der Waals surface area contributed by atoms with Crippen LogP contribution < -0.4 is 47.9 Å². The minimum absolute atomic E-state index is 0.0770. The van der Waals surface area contributed by atoms with Crippen LogP contribution in [-0.2, 0) is 24.0 Å². The van der Waals surface area contributed by atoms with Gasteiger partial charge >= 0.3 is 11.9 Å². The molecule has 0 aromatic carbocycles. The molecule has 18 nitrogen and oxygen atoms in total. The highest BCUT2D eigenvalue weighted by molar-refractivity contribution is 5.80. The molecule has 3 atom stereocenters. The quantitative estimate of drug-likeness (QED) is 0.0267. The summed E-state index contributed by atoms with van der Waals surface area (Å²) in [6, 6.07) is -2.29. The molecule has 0 aliphatic rings. The minimum Gasteiger partial charge on any atom is -0.480 e. The second-order valence-electron chi connectivity index (χ2n) is 9.15. The van der Waals surface area contributed by atoms with E-state index in [-0.39, 0.29) is 44.5 Å². The lowest BCUT2D eigenvalue weighted by molar-refractivity contribution is -0.141. The summed E-state index contributed by atoms with van der Waals surface area (Å²) in [7, 11) is 0. The number of carbonyl (C=O) groups excluding carboxylic acids is 3. The molecule has 18 heteroatoms. The zero-order valence-corrected chi connectivity index (χ0v) is 24.0. The highest BCUT2D eigenvalue weighted by Crippen LogP contribution is 1.93. The Morgan fingerprint density at radius 2 is 1.12 bits per heavy atom. The molecule has 244 valence electrons. The zero-order chi connectivity index (χ0) is 31.4. The summed E-state index contributed by atoms with van der Waals surface area (Å²) < 4.78 is 0. The van der Waals surface area contributed by atoms with Crippen molar-refractivity contribution in [2.45, 2.75) is 24.6 Å². The first-order valence-electron chi connectivity index (χ1n) is 13.9. The third-order valence-corrected chi connectivity index (χ3v) is 5.52. The van der Waals surface area contributed by atoms with Crippen LogP contribution in [0.15, 0.2) is 0 Å². The molecule has 0 aromatic rings. The van der Waals surface area contributed by atoms with Gasteiger partial charge in [0.25, 0.3) is 0 Å². The van der Waals surface area contributed by atoms with Gasteiger partial charge in [-0.25, -0.2) is 0 Å². The first-order chi connectivity index (χ1) is 20.2. The maximum atomic E-state index is 11.9. The van der Waals surface area contributed by atoms with Crippen LogP contribution in [0.1, 0.15) is 6.42 Å². The van der Waals surface area contributed by atoms with E-state index in [4.69, 9.17) is 10.2 Å². The number of aliphatic hydroxyl groups excluding tert-OH is 2. The fraction of sp³-hybridized carbons (Fsp3) is 0.792. The molecule has 0 aliphatic heterocycles. The predicted molar refractivity (Wildman–Crippen MR) is 153 cm³/mol. The van der Waals surface area contributed by atoms with Crippen molar-refractivity contribution in [3.8, 4) is 0 Å². The molecule has 0 aliphatic carbocycles. The fourth-order valence-electron chi connectivity index (χ4n) is 3.31. The number of hydrogen-bond acceptors (Lipinski definition) is 14. The molecule has 0 rings (SSSR count). The summed E-state index contributed by atoms with van der Waals surface area (Å²) in [4.78, 5) is 56.7. The Labute approximate surface area is 245 Å². The zero-order valence-electron chi connectivity index (χ0n) is 24.0. The average Bonchev–Trinajstić information content (AvgIpc) is 2.95. The molecule has 0 saturated heterocycles. The van der Waals surface area contributed by atoms with Gasteiger partial charge in [0.2, 0.25) is 11.8 Å². The second-order valence-corrected chi connectivity index (χ2v) is 9.15. The Hall–Kier alpha value is -2.81. The lowest BCUT2D eigenvalue weighted by Gasteiger charge is -2.22. The van der Waals surface area contributed by atoms with Crippen LogP contribution in [0.5, 0.6) is 0 Å². The Morgan fingerprint density at radius 1 is 0.643 bits per heavy atom. The molecule has 0 fully saturated rings. The number of carbonyl (C=O) groups is 5. The summed E-state index contributed by atoms with van der Waals surface area (Å²) in [6.07, 6.45) is -0.0879. The third-order valence-electron chi connectivity index (χ3n) is 5.52. The summed E-state index contributed by atoms with van der Waals surface area (Å²) in [5, 5.41) is 61.8. The molecule has 0 spiro atoms. The largest absolute Gasteiger partial charge is 0.480 e. The average molecular weight is 608 g/mol. The van der Waals surface area contributed by atoms with Gasteiger partial charge in [-0.05, 0) is 6.42 Å². The number of aldehydes is 1. The standard InChI is InChI=1S/C24H49N9O9/c34-16-18(36)12-33-19(17-35)23(24(41)42)32-11-10-26-5-8-28-14-21(38)31-3-1-2-30-20(37)13-27-7-4-25-6-9-29-15-22(39)40/h17-19,23,25-29,32-34,36H,1-16H2,(H,30,37)(H,31,38)(H,39,40)(H,41,42). The lowest BCUT2D eigenvalue weighted by Crippen LogP contribution is -2.56. The normalized spacial score (nSPS) is 13.2. The molecule has 42 heavy (non-hydrogen) atoms. The molecular weight excluding hydrogens is 558 g/mol.